The summed E-state index contributed by atoms with van der Waals surface area (Å²) < 4.78 is 7.17. The lowest BCUT2D eigenvalue weighted by Crippen LogP contribution is -1.90. The number of imidazole rings is 1. The molecule has 0 spiro atoms. The van der Waals surface area contributed by atoms with Crippen molar-refractivity contribution in [3.8, 4) is 27.7 Å². The predicted octanol–water partition coefficient (Wildman–Crippen LogP) is 3.84. The van der Waals surface area contributed by atoms with Crippen molar-refractivity contribution in [1.82, 2.24) is 19.4 Å². The molecule has 4 rings (SSSR count). The zero-order chi connectivity index (χ0) is 15.8. The molecule has 0 radical (unpaired) electrons. The van der Waals surface area contributed by atoms with Gasteiger partial charge in [-0.15, -0.1) is 11.3 Å². The van der Waals surface area contributed by atoms with Gasteiger partial charge < -0.3 is 4.74 Å². The van der Waals surface area contributed by atoms with Gasteiger partial charge in [0.15, 0.2) is 0 Å². The number of aromatic nitrogens is 4. The van der Waals surface area contributed by atoms with Crippen molar-refractivity contribution in [3.05, 3.63) is 53.8 Å². The molecule has 0 amide bonds. The Hall–Kier alpha value is -2.73. The summed E-state index contributed by atoms with van der Waals surface area (Å²) in [6, 6.07) is 9.81. The van der Waals surface area contributed by atoms with Crippen molar-refractivity contribution in [1.29, 1.82) is 0 Å². The van der Waals surface area contributed by atoms with Crippen LogP contribution in [0.4, 0.5) is 0 Å². The minimum atomic E-state index is 0.696. The van der Waals surface area contributed by atoms with Crippen LogP contribution in [0.3, 0.4) is 0 Å². The Morgan fingerprint density at radius 1 is 1.13 bits per heavy atom. The van der Waals surface area contributed by atoms with Crippen LogP contribution in [-0.4, -0.2) is 26.5 Å². The summed E-state index contributed by atoms with van der Waals surface area (Å²) in [5.74, 6) is 1.54. The van der Waals surface area contributed by atoms with E-state index < -0.39 is 0 Å². The first-order chi connectivity index (χ1) is 11.3. The highest BCUT2D eigenvalue weighted by molar-refractivity contribution is 7.13. The fourth-order valence-corrected chi connectivity index (χ4v) is 3.45. The molecule has 3 aromatic heterocycles. The lowest BCUT2D eigenvalue weighted by molar-refractivity contribution is 0.415. The van der Waals surface area contributed by atoms with Gasteiger partial charge in [-0.2, -0.15) is 0 Å². The number of fused-ring (bicyclic) bond motifs is 1. The molecule has 0 aliphatic heterocycles. The number of rotatable bonds is 3. The van der Waals surface area contributed by atoms with E-state index in [9.17, 15) is 0 Å². The summed E-state index contributed by atoms with van der Waals surface area (Å²) in [6.45, 7) is 1.98. The summed E-state index contributed by atoms with van der Waals surface area (Å²) >= 11 is 1.61. The van der Waals surface area contributed by atoms with Crippen molar-refractivity contribution in [2.45, 2.75) is 6.92 Å². The van der Waals surface area contributed by atoms with Crippen molar-refractivity contribution in [2.24, 2.45) is 0 Å². The van der Waals surface area contributed by atoms with E-state index in [1.807, 2.05) is 47.9 Å². The highest BCUT2D eigenvalue weighted by Crippen LogP contribution is 2.31. The van der Waals surface area contributed by atoms with Crippen LogP contribution in [0.15, 0.2) is 48.1 Å². The molecule has 6 heteroatoms. The third-order valence-electron chi connectivity index (χ3n) is 3.67. The average Bonchev–Trinajstić information content (AvgIpc) is 3.18. The van der Waals surface area contributed by atoms with E-state index in [-0.39, 0.29) is 0 Å². The molecule has 5 nitrogen and oxygen atoms in total. The Morgan fingerprint density at radius 2 is 1.96 bits per heavy atom. The second kappa shape index (κ2) is 5.48. The number of thiazole rings is 1. The summed E-state index contributed by atoms with van der Waals surface area (Å²) in [5.41, 5.74) is 3.95. The molecule has 0 atom stereocenters. The van der Waals surface area contributed by atoms with Crippen LogP contribution in [-0.2, 0) is 0 Å². The Labute approximate surface area is 137 Å². The van der Waals surface area contributed by atoms with Gasteiger partial charge in [-0.25, -0.2) is 15.0 Å². The van der Waals surface area contributed by atoms with E-state index in [2.05, 4.69) is 15.3 Å². The predicted molar refractivity (Wildman–Crippen MR) is 90.8 cm³/mol. The molecule has 0 unspecified atom stereocenters. The van der Waals surface area contributed by atoms with Gasteiger partial charge in [0.1, 0.15) is 16.5 Å². The van der Waals surface area contributed by atoms with E-state index >= 15 is 0 Å². The summed E-state index contributed by atoms with van der Waals surface area (Å²) in [4.78, 5) is 13.6. The van der Waals surface area contributed by atoms with Gasteiger partial charge in [0.05, 0.1) is 18.5 Å². The van der Waals surface area contributed by atoms with E-state index in [0.717, 1.165) is 33.4 Å². The van der Waals surface area contributed by atoms with E-state index in [0.29, 0.717) is 5.78 Å². The molecule has 0 aliphatic rings. The van der Waals surface area contributed by atoms with E-state index in [4.69, 9.17) is 9.72 Å². The third kappa shape index (κ3) is 2.37. The van der Waals surface area contributed by atoms with E-state index in [1.165, 1.54) is 0 Å². The number of hydrogen-bond acceptors (Lipinski definition) is 5. The number of ether oxygens (including phenoxy) is 1. The standard InChI is InChI=1S/C17H14N4OS/c1-11-15(21-9-3-8-18-17(21)19-11)16-20-14(10-23-16)12-4-6-13(22-2)7-5-12/h3-10H,1-2H3. The molecule has 1 aromatic carbocycles. The lowest BCUT2D eigenvalue weighted by atomic mass is 10.2. The molecular weight excluding hydrogens is 308 g/mol. The monoisotopic (exact) mass is 322 g/mol. The van der Waals surface area contributed by atoms with Gasteiger partial charge in [0.2, 0.25) is 5.78 Å². The molecular formula is C17H14N4OS. The first kappa shape index (κ1) is 13.9. The van der Waals surface area contributed by atoms with Crippen LogP contribution in [0.2, 0.25) is 0 Å². The van der Waals surface area contributed by atoms with Crippen molar-refractivity contribution in [3.63, 3.8) is 0 Å². The topological polar surface area (TPSA) is 52.3 Å². The van der Waals surface area contributed by atoms with Gasteiger partial charge >= 0.3 is 0 Å². The molecule has 0 bridgehead atoms. The van der Waals surface area contributed by atoms with Crippen molar-refractivity contribution < 1.29 is 4.74 Å². The first-order valence-corrected chi connectivity index (χ1v) is 8.04. The Balaban J connectivity index is 1.78. The Bertz CT molecular complexity index is 972. The smallest absolute Gasteiger partial charge is 0.234 e. The minimum absolute atomic E-state index is 0.696. The van der Waals surface area contributed by atoms with Gasteiger partial charge in [-0.3, -0.25) is 4.40 Å². The van der Waals surface area contributed by atoms with Crippen LogP contribution in [0, 0.1) is 6.92 Å². The minimum Gasteiger partial charge on any atom is -0.497 e. The zero-order valence-corrected chi connectivity index (χ0v) is 13.5. The molecule has 3 heterocycles. The molecule has 0 N–H and O–H groups in total. The SMILES string of the molecule is COc1ccc(-c2csc(-c3c(C)nc4ncccn34)n2)cc1. The molecule has 114 valence electrons. The summed E-state index contributed by atoms with van der Waals surface area (Å²) in [7, 11) is 1.66. The maximum absolute atomic E-state index is 5.20. The molecule has 0 saturated heterocycles. The van der Waals surface area contributed by atoms with E-state index in [1.54, 1.807) is 24.6 Å². The van der Waals surface area contributed by atoms with Gasteiger partial charge in [-0.05, 0) is 37.3 Å². The average molecular weight is 322 g/mol. The fraction of sp³-hybridized carbons (Fsp3) is 0.118. The third-order valence-corrected chi connectivity index (χ3v) is 4.52. The number of hydrogen-bond donors (Lipinski definition) is 0. The molecule has 4 aromatic rings. The number of nitrogens with zero attached hydrogens (tertiary/aromatic N) is 4. The molecule has 0 fully saturated rings. The summed E-state index contributed by atoms with van der Waals surface area (Å²) in [6.07, 6.45) is 3.71. The number of methoxy groups -OCH3 is 1. The molecule has 0 saturated carbocycles. The van der Waals surface area contributed by atoms with Crippen molar-refractivity contribution in [2.75, 3.05) is 7.11 Å². The molecule has 0 aliphatic carbocycles. The Morgan fingerprint density at radius 3 is 2.74 bits per heavy atom. The van der Waals surface area contributed by atoms with Gasteiger partial charge in [0.25, 0.3) is 0 Å². The highest BCUT2D eigenvalue weighted by Gasteiger charge is 2.15. The first-order valence-electron chi connectivity index (χ1n) is 7.16. The molecule has 23 heavy (non-hydrogen) atoms. The van der Waals surface area contributed by atoms with Crippen LogP contribution >= 0.6 is 11.3 Å². The summed E-state index contributed by atoms with van der Waals surface area (Å²) in [5, 5.41) is 3.00. The maximum atomic E-state index is 5.20. The van der Waals surface area contributed by atoms with Gasteiger partial charge in [-0.1, -0.05) is 0 Å². The normalized spacial score (nSPS) is 11.0. The second-order valence-corrected chi connectivity index (χ2v) is 5.96. The van der Waals surface area contributed by atoms with Crippen molar-refractivity contribution >= 4 is 17.1 Å². The Kier molecular flexibility index (Phi) is 3.31. The maximum Gasteiger partial charge on any atom is 0.234 e. The fourth-order valence-electron chi connectivity index (χ4n) is 2.53. The van der Waals surface area contributed by atoms with Crippen LogP contribution < -0.4 is 4.74 Å². The second-order valence-electron chi connectivity index (χ2n) is 5.10. The zero-order valence-electron chi connectivity index (χ0n) is 12.7. The highest BCUT2D eigenvalue weighted by atomic mass is 32.1. The number of benzene rings is 1. The quantitative estimate of drug-likeness (QED) is 0.575. The largest absolute Gasteiger partial charge is 0.497 e. The van der Waals surface area contributed by atoms with Crippen LogP contribution in [0.25, 0.3) is 27.7 Å². The van der Waals surface area contributed by atoms with Crippen LogP contribution in [0.5, 0.6) is 5.75 Å². The number of aryl methyl sites for hydroxylation is 1. The lowest BCUT2D eigenvalue weighted by Gasteiger charge is -2.01. The van der Waals surface area contributed by atoms with Crippen LogP contribution in [0.1, 0.15) is 5.69 Å². The van der Waals surface area contributed by atoms with Gasteiger partial charge in [0, 0.05) is 23.3 Å².